The molecule has 2 atom stereocenters. The zero-order valence-electron chi connectivity index (χ0n) is 11.6. The molecule has 3 N–H and O–H groups in total. The summed E-state index contributed by atoms with van der Waals surface area (Å²) in [4.78, 5) is 0. The largest absolute Gasteiger partial charge is 0.469 e. The van der Waals surface area contributed by atoms with E-state index >= 15 is 0 Å². The maximum absolute atomic E-state index is 6.18. The lowest BCUT2D eigenvalue weighted by Gasteiger charge is -2.17. The number of hydrogen-bond acceptors (Lipinski definition) is 3. The van der Waals surface area contributed by atoms with Crippen LogP contribution in [0, 0.1) is 6.92 Å². The number of hydrogen-bond donors (Lipinski definition) is 2. The maximum Gasteiger partial charge on any atom is 0.105 e. The molecule has 0 spiro atoms. The summed E-state index contributed by atoms with van der Waals surface area (Å²) in [5.74, 6) is 1.00. The Bertz CT molecular complexity index is 476. The lowest BCUT2D eigenvalue weighted by atomic mass is 10.1. The number of benzene rings is 1. The average molecular weight is 258 g/mol. The molecule has 3 heteroatoms. The third-order valence-electron chi connectivity index (χ3n) is 3.28. The van der Waals surface area contributed by atoms with Crippen LogP contribution in [0.1, 0.15) is 29.9 Å². The first-order valence-corrected chi connectivity index (χ1v) is 6.73. The van der Waals surface area contributed by atoms with Gasteiger partial charge in [0.05, 0.1) is 6.26 Å². The van der Waals surface area contributed by atoms with Crippen LogP contribution in [0.25, 0.3) is 0 Å². The number of furan rings is 1. The molecule has 0 aliphatic rings. The van der Waals surface area contributed by atoms with E-state index in [0.717, 1.165) is 18.7 Å². The van der Waals surface area contributed by atoms with Gasteiger partial charge in [-0.15, -0.1) is 0 Å². The van der Waals surface area contributed by atoms with Gasteiger partial charge >= 0.3 is 0 Å². The Labute approximate surface area is 114 Å². The second-order valence-electron chi connectivity index (χ2n) is 5.11. The van der Waals surface area contributed by atoms with Crippen LogP contribution < -0.4 is 11.1 Å². The molecule has 0 bridgehead atoms. The van der Waals surface area contributed by atoms with Crippen molar-refractivity contribution in [2.24, 2.45) is 5.73 Å². The highest BCUT2D eigenvalue weighted by Gasteiger charge is 2.09. The summed E-state index contributed by atoms with van der Waals surface area (Å²) in [6.45, 7) is 4.99. The summed E-state index contributed by atoms with van der Waals surface area (Å²) >= 11 is 0. The van der Waals surface area contributed by atoms with Gasteiger partial charge in [-0.2, -0.15) is 0 Å². The minimum absolute atomic E-state index is 0.0275. The van der Waals surface area contributed by atoms with Crippen LogP contribution in [0.4, 0.5) is 0 Å². The van der Waals surface area contributed by atoms with E-state index in [-0.39, 0.29) is 6.04 Å². The highest BCUT2D eigenvalue weighted by molar-refractivity contribution is 5.24. The molecule has 2 aromatic rings. The summed E-state index contributed by atoms with van der Waals surface area (Å²) in [5, 5.41) is 3.45. The van der Waals surface area contributed by atoms with Gasteiger partial charge in [0.2, 0.25) is 0 Å². The highest BCUT2D eigenvalue weighted by atomic mass is 16.3. The van der Waals surface area contributed by atoms with Gasteiger partial charge in [0, 0.05) is 25.0 Å². The van der Waals surface area contributed by atoms with Crippen LogP contribution >= 0.6 is 0 Å². The van der Waals surface area contributed by atoms with Gasteiger partial charge in [0.15, 0.2) is 0 Å². The van der Waals surface area contributed by atoms with Crippen LogP contribution in [0.15, 0.2) is 47.1 Å². The fourth-order valence-electron chi connectivity index (χ4n) is 2.06. The standard InChI is InChI=1S/C16H22N2O/c1-12-5-7-14(8-6-12)16(17)11-18-13(2)10-15-4-3-9-19-15/h3-9,13,16,18H,10-11,17H2,1-2H3. The van der Waals surface area contributed by atoms with Crippen molar-refractivity contribution in [3.8, 4) is 0 Å². The van der Waals surface area contributed by atoms with Gasteiger partial charge < -0.3 is 15.5 Å². The van der Waals surface area contributed by atoms with Gasteiger partial charge in [0.1, 0.15) is 5.76 Å². The smallest absolute Gasteiger partial charge is 0.105 e. The van der Waals surface area contributed by atoms with Crippen LogP contribution in [-0.4, -0.2) is 12.6 Å². The zero-order valence-corrected chi connectivity index (χ0v) is 11.6. The Kier molecular flexibility index (Phi) is 4.77. The molecular formula is C16H22N2O. The van der Waals surface area contributed by atoms with Crippen molar-refractivity contribution in [3.63, 3.8) is 0 Å². The predicted molar refractivity (Wildman–Crippen MR) is 78.0 cm³/mol. The van der Waals surface area contributed by atoms with Crippen LogP contribution in [-0.2, 0) is 6.42 Å². The molecule has 19 heavy (non-hydrogen) atoms. The minimum atomic E-state index is 0.0275. The van der Waals surface area contributed by atoms with Gasteiger partial charge in [-0.05, 0) is 31.5 Å². The van der Waals surface area contributed by atoms with Crippen molar-refractivity contribution in [2.75, 3.05) is 6.54 Å². The molecule has 102 valence electrons. The second kappa shape index (κ2) is 6.55. The van der Waals surface area contributed by atoms with E-state index in [0.29, 0.717) is 6.04 Å². The number of nitrogens with one attached hydrogen (secondary N) is 1. The summed E-state index contributed by atoms with van der Waals surface area (Å²) in [6.07, 6.45) is 2.59. The van der Waals surface area contributed by atoms with E-state index in [9.17, 15) is 0 Å². The van der Waals surface area contributed by atoms with Gasteiger partial charge in [-0.3, -0.25) is 0 Å². The molecule has 0 aliphatic heterocycles. The molecule has 0 fully saturated rings. The van der Waals surface area contributed by atoms with Gasteiger partial charge in [-0.1, -0.05) is 29.8 Å². The van der Waals surface area contributed by atoms with E-state index in [2.05, 4.69) is 43.4 Å². The molecular weight excluding hydrogens is 236 g/mol. The van der Waals surface area contributed by atoms with Crippen molar-refractivity contribution in [3.05, 3.63) is 59.5 Å². The molecule has 0 amide bonds. The highest BCUT2D eigenvalue weighted by Crippen LogP contribution is 2.11. The summed E-state index contributed by atoms with van der Waals surface area (Å²) in [7, 11) is 0. The van der Waals surface area contributed by atoms with Crippen molar-refractivity contribution in [1.29, 1.82) is 0 Å². The molecule has 1 heterocycles. The quantitative estimate of drug-likeness (QED) is 0.837. The molecule has 0 saturated heterocycles. The summed E-state index contributed by atoms with van der Waals surface area (Å²) in [5.41, 5.74) is 8.61. The maximum atomic E-state index is 6.18. The van der Waals surface area contributed by atoms with E-state index in [4.69, 9.17) is 10.2 Å². The SMILES string of the molecule is Cc1ccc(C(N)CNC(C)Cc2ccco2)cc1. The molecule has 3 nitrogen and oxygen atoms in total. The molecule has 1 aromatic carbocycles. The number of rotatable bonds is 6. The third-order valence-corrected chi connectivity index (χ3v) is 3.28. The molecule has 1 aromatic heterocycles. The van der Waals surface area contributed by atoms with Gasteiger partial charge in [-0.25, -0.2) is 0 Å². The lowest BCUT2D eigenvalue weighted by Crippen LogP contribution is -2.34. The van der Waals surface area contributed by atoms with Crippen molar-refractivity contribution in [2.45, 2.75) is 32.4 Å². The fourth-order valence-corrected chi connectivity index (χ4v) is 2.06. The second-order valence-corrected chi connectivity index (χ2v) is 5.11. The van der Waals surface area contributed by atoms with E-state index < -0.39 is 0 Å². The average Bonchev–Trinajstić information content (AvgIpc) is 2.89. The monoisotopic (exact) mass is 258 g/mol. The van der Waals surface area contributed by atoms with E-state index in [1.165, 1.54) is 11.1 Å². The Morgan fingerprint density at radius 1 is 1.21 bits per heavy atom. The summed E-state index contributed by atoms with van der Waals surface area (Å²) in [6, 6.07) is 12.7. The fraction of sp³-hybridized carbons (Fsp3) is 0.375. The normalized spacial score (nSPS) is 14.3. The van der Waals surface area contributed by atoms with Crippen molar-refractivity contribution < 1.29 is 4.42 Å². The Morgan fingerprint density at radius 3 is 2.58 bits per heavy atom. The van der Waals surface area contributed by atoms with Crippen LogP contribution in [0.5, 0.6) is 0 Å². The number of nitrogens with two attached hydrogens (primary N) is 1. The first-order valence-electron chi connectivity index (χ1n) is 6.73. The molecule has 2 rings (SSSR count). The Balaban J connectivity index is 1.79. The van der Waals surface area contributed by atoms with E-state index in [1.54, 1.807) is 6.26 Å². The zero-order chi connectivity index (χ0) is 13.7. The molecule has 0 radical (unpaired) electrons. The van der Waals surface area contributed by atoms with Crippen molar-refractivity contribution >= 4 is 0 Å². The van der Waals surface area contributed by atoms with E-state index in [1.807, 2.05) is 12.1 Å². The third kappa shape index (κ3) is 4.23. The van der Waals surface area contributed by atoms with Crippen LogP contribution in [0.2, 0.25) is 0 Å². The molecule has 0 saturated carbocycles. The van der Waals surface area contributed by atoms with Gasteiger partial charge in [0.25, 0.3) is 0 Å². The first-order chi connectivity index (χ1) is 9.15. The molecule has 2 unspecified atom stereocenters. The van der Waals surface area contributed by atoms with Crippen molar-refractivity contribution in [1.82, 2.24) is 5.32 Å². The number of aryl methyl sites for hydroxylation is 1. The minimum Gasteiger partial charge on any atom is -0.469 e. The topological polar surface area (TPSA) is 51.2 Å². The molecule has 0 aliphatic carbocycles. The summed E-state index contributed by atoms with van der Waals surface area (Å²) < 4.78 is 5.34. The predicted octanol–water partition coefficient (Wildman–Crippen LogP) is 2.81. The lowest BCUT2D eigenvalue weighted by molar-refractivity contribution is 0.447. The Morgan fingerprint density at radius 2 is 1.95 bits per heavy atom. The van der Waals surface area contributed by atoms with Crippen LogP contribution in [0.3, 0.4) is 0 Å². The Hall–Kier alpha value is -1.58. The first kappa shape index (κ1) is 13.8.